The number of imide groups is 1. The fourth-order valence-electron chi connectivity index (χ4n) is 2.90. The number of hydrogen-bond donors (Lipinski definition) is 1. The van der Waals surface area contributed by atoms with Crippen molar-refractivity contribution in [3.05, 3.63) is 0 Å². The molecule has 3 atom stereocenters. The van der Waals surface area contributed by atoms with Gasteiger partial charge in [0.25, 0.3) is 0 Å². The Hall–Kier alpha value is -0.900. The minimum absolute atomic E-state index is 0.0275. The maximum absolute atomic E-state index is 12.1. The Bertz CT molecular complexity index is 351. The average molecular weight is 236 g/mol. The molecular weight excluding hydrogens is 216 g/mol. The normalized spacial score (nSPS) is 36.8. The molecule has 2 aliphatic carbocycles. The van der Waals surface area contributed by atoms with Crippen molar-refractivity contribution < 1.29 is 9.59 Å². The van der Waals surface area contributed by atoms with Gasteiger partial charge in [0.2, 0.25) is 11.8 Å². The lowest BCUT2D eigenvalue weighted by atomic mass is 10.2. The van der Waals surface area contributed by atoms with Gasteiger partial charge in [0.15, 0.2) is 0 Å². The molecule has 0 bridgehead atoms. The zero-order valence-electron chi connectivity index (χ0n) is 10.3. The SMILES string of the molecule is CCCC1CC1NC1CC(=O)N(C2CC2)C1=O. The first kappa shape index (κ1) is 11.2. The van der Waals surface area contributed by atoms with E-state index in [1.807, 2.05) is 0 Å². The van der Waals surface area contributed by atoms with E-state index in [1.54, 1.807) is 0 Å². The number of nitrogens with one attached hydrogen (secondary N) is 1. The summed E-state index contributed by atoms with van der Waals surface area (Å²) in [6.07, 6.45) is 6.01. The van der Waals surface area contributed by atoms with Crippen LogP contribution in [0.25, 0.3) is 0 Å². The predicted molar refractivity (Wildman–Crippen MR) is 63.2 cm³/mol. The highest BCUT2D eigenvalue weighted by atomic mass is 16.2. The van der Waals surface area contributed by atoms with Gasteiger partial charge in [0.1, 0.15) is 0 Å². The fraction of sp³-hybridized carbons (Fsp3) is 0.846. The average Bonchev–Trinajstić information content (AvgIpc) is 3.16. The number of amides is 2. The van der Waals surface area contributed by atoms with Crippen LogP contribution in [0.1, 0.15) is 45.4 Å². The standard InChI is InChI=1S/C13H20N2O2/c1-2-3-8-6-10(8)14-11-7-12(16)15(13(11)17)9-4-5-9/h8-11,14H,2-7H2,1H3. The maximum atomic E-state index is 12.1. The minimum atomic E-state index is -0.227. The van der Waals surface area contributed by atoms with Crippen LogP contribution in [0.15, 0.2) is 0 Å². The van der Waals surface area contributed by atoms with Crippen LogP contribution in [0.4, 0.5) is 0 Å². The lowest BCUT2D eigenvalue weighted by molar-refractivity contribution is -0.139. The van der Waals surface area contributed by atoms with Crippen LogP contribution < -0.4 is 5.32 Å². The van der Waals surface area contributed by atoms with E-state index in [4.69, 9.17) is 0 Å². The number of hydrogen-bond acceptors (Lipinski definition) is 3. The summed E-state index contributed by atoms with van der Waals surface area (Å²) in [4.78, 5) is 25.3. The van der Waals surface area contributed by atoms with Gasteiger partial charge in [-0.15, -0.1) is 0 Å². The monoisotopic (exact) mass is 236 g/mol. The van der Waals surface area contributed by atoms with Crippen molar-refractivity contribution in [2.45, 2.75) is 63.6 Å². The zero-order chi connectivity index (χ0) is 12.0. The lowest BCUT2D eigenvalue weighted by Crippen LogP contribution is -2.41. The quantitative estimate of drug-likeness (QED) is 0.726. The minimum Gasteiger partial charge on any atom is -0.302 e. The summed E-state index contributed by atoms with van der Waals surface area (Å²) < 4.78 is 0. The Labute approximate surface area is 102 Å². The third-order valence-electron chi connectivity index (χ3n) is 4.09. The molecule has 17 heavy (non-hydrogen) atoms. The van der Waals surface area contributed by atoms with Crippen LogP contribution in [0.3, 0.4) is 0 Å². The van der Waals surface area contributed by atoms with Crippen LogP contribution >= 0.6 is 0 Å². The summed E-state index contributed by atoms with van der Waals surface area (Å²) in [6.45, 7) is 2.19. The van der Waals surface area contributed by atoms with Gasteiger partial charge in [0.05, 0.1) is 12.5 Å². The zero-order valence-corrected chi connectivity index (χ0v) is 10.3. The molecule has 0 spiro atoms. The van der Waals surface area contributed by atoms with Gasteiger partial charge in [-0.2, -0.15) is 0 Å². The predicted octanol–water partition coefficient (Wildman–Crippen LogP) is 1.05. The van der Waals surface area contributed by atoms with Gasteiger partial charge in [-0.3, -0.25) is 14.5 Å². The van der Waals surface area contributed by atoms with E-state index in [-0.39, 0.29) is 23.9 Å². The summed E-state index contributed by atoms with van der Waals surface area (Å²) >= 11 is 0. The largest absolute Gasteiger partial charge is 0.302 e. The highest BCUT2D eigenvalue weighted by molar-refractivity contribution is 6.06. The molecule has 1 saturated heterocycles. The van der Waals surface area contributed by atoms with E-state index in [0.29, 0.717) is 12.5 Å². The Morgan fingerprint density at radius 3 is 2.76 bits per heavy atom. The summed E-state index contributed by atoms with van der Waals surface area (Å²) in [5, 5.41) is 3.37. The molecule has 3 fully saturated rings. The molecule has 1 N–H and O–H groups in total. The van der Waals surface area contributed by atoms with Gasteiger partial charge >= 0.3 is 0 Å². The van der Waals surface area contributed by atoms with Crippen LogP contribution in [-0.2, 0) is 9.59 Å². The first-order chi connectivity index (χ1) is 8.20. The van der Waals surface area contributed by atoms with E-state index in [9.17, 15) is 9.59 Å². The molecule has 3 rings (SSSR count). The molecule has 0 aromatic carbocycles. The first-order valence-corrected chi connectivity index (χ1v) is 6.82. The summed E-state index contributed by atoms with van der Waals surface area (Å²) in [6, 6.07) is 0.484. The van der Waals surface area contributed by atoms with Gasteiger partial charge in [-0.1, -0.05) is 13.3 Å². The smallest absolute Gasteiger partial charge is 0.247 e. The van der Waals surface area contributed by atoms with Gasteiger partial charge < -0.3 is 5.32 Å². The van der Waals surface area contributed by atoms with Crippen molar-refractivity contribution >= 4 is 11.8 Å². The Morgan fingerprint density at radius 2 is 2.12 bits per heavy atom. The molecule has 3 aliphatic rings. The summed E-state index contributed by atoms with van der Waals surface area (Å²) in [7, 11) is 0. The topological polar surface area (TPSA) is 49.4 Å². The fourth-order valence-corrected chi connectivity index (χ4v) is 2.90. The van der Waals surface area contributed by atoms with Crippen molar-refractivity contribution in [3.63, 3.8) is 0 Å². The van der Waals surface area contributed by atoms with Crippen molar-refractivity contribution in [2.75, 3.05) is 0 Å². The summed E-state index contributed by atoms with van der Waals surface area (Å²) in [5.41, 5.74) is 0. The number of carbonyl (C=O) groups is 2. The van der Waals surface area contributed by atoms with Crippen molar-refractivity contribution in [2.24, 2.45) is 5.92 Å². The van der Waals surface area contributed by atoms with E-state index >= 15 is 0 Å². The third-order valence-corrected chi connectivity index (χ3v) is 4.09. The molecule has 4 heteroatoms. The number of carbonyl (C=O) groups excluding carboxylic acids is 2. The van der Waals surface area contributed by atoms with Crippen LogP contribution in [0, 0.1) is 5.92 Å². The summed E-state index contributed by atoms with van der Waals surface area (Å²) in [5.74, 6) is 0.792. The molecule has 0 radical (unpaired) electrons. The highest BCUT2D eigenvalue weighted by Crippen LogP contribution is 2.37. The van der Waals surface area contributed by atoms with E-state index in [0.717, 1.165) is 18.8 Å². The Kier molecular flexibility index (Phi) is 2.69. The van der Waals surface area contributed by atoms with Crippen LogP contribution in [0.2, 0.25) is 0 Å². The van der Waals surface area contributed by atoms with Crippen molar-refractivity contribution in [3.8, 4) is 0 Å². The molecule has 3 unspecified atom stereocenters. The Morgan fingerprint density at radius 1 is 1.35 bits per heavy atom. The maximum Gasteiger partial charge on any atom is 0.247 e. The second-order valence-corrected chi connectivity index (χ2v) is 5.65. The number of nitrogens with zero attached hydrogens (tertiary/aromatic N) is 1. The van der Waals surface area contributed by atoms with Gasteiger partial charge in [-0.05, 0) is 31.6 Å². The second-order valence-electron chi connectivity index (χ2n) is 5.65. The van der Waals surface area contributed by atoms with Gasteiger partial charge in [0, 0.05) is 12.1 Å². The molecule has 4 nitrogen and oxygen atoms in total. The van der Waals surface area contributed by atoms with Gasteiger partial charge in [-0.25, -0.2) is 0 Å². The Balaban J connectivity index is 1.55. The van der Waals surface area contributed by atoms with Crippen LogP contribution in [-0.4, -0.2) is 34.8 Å². The van der Waals surface area contributed by atoms with E-state index in [2.05, 4.69) is 12.2 Å². The van der Waals surface area contributed by atoms with Crippen molar-refractivity contribution in [1.82, 2.24) is 10.2 Å². The molecule has 0 aromatic heterocycles. The van der Waals surface area contributed by atoms with Crippen molar-refractivity contribution in [1.29, 1.82) is 0 Å². The molecule has 2 amide bonds. The third kappa shape index (κ3) is 2.10. The first-order valence-electron chi connectivity index (χ1n) is 6.82. The second kappa shape index (κ2) is 4.09. The molecule has 0 aromatic rings. The van der Waals surface area contributed by atoms with Crippen LogP contribution in [0.5, 0.6) is 0 Å². The van der Waals surface area contributed by atoms with E-state index < -0.39 is 0 Å². The lowest BCUT2D eigenvalue weighted by Gasteiger charge is -2.14. The highest BCUT2D eigenvalue weighted by Gasteiger charge is 2.48. The number of likely N-dealkylation sites (tertiary alicyclic amines) is 1. The molecule has 1 aliphatic heterocycles. The number of rotatable bonds is 5. The van der Waals surface area contributed by atoms with E-state index in [1.165, 1.54) is 24.2 Å². The molecule has 1 heterocycles. The molecule has 94 valence electrons. The molecular formula is C13H20N2O2. The molecule has 2 saturated carbocycles.